The molecule has 3 fully saturated rings. The molecule has 0 aromatic heterocycles. The highest BCUT2D eigenvalue weighted by atomic mass is 16.5. The van der Waals surface area contributed by atoms with E-state index >= 15 is 0 Å². The number of carbonyl (C=O) groups is 1. The lowest BCUT2D eigenvalue weighted by molar-refractivity contribution is -0.133. The van der Waals surface area contributed by atoms with Gasteiger partial charge in [-0.25, -0.2) is 0 Å². The van der Waals surface area contributed by atoms with E-state index in [9.17, 15) is 4.79 Å². The van der Waals surface area contributed by atoms with Crippen LogP contribution >= 0.6 is 0 Å². The largest absolute Gasteiger partial charge is 0.378 e. The van der Waals surface area contributed by atoms with Gasteiger partial charge in [-0.3, -0.25) is 4.79 Å². The number of amides is 1. The van der Waals surface area contributed by atoms with E-state index in [0.29, 0.717) is 29.9 Å². The fraction of sp³-hybridized carbons (Fsp3) is 0.938. The Morgan fingerprint density at radius 3 is 2.84 bits per heavy atom. The van der Waals surface area contributed by atoms with Crippen molar-refractivity contribution in [1.29, 1.82) is 0 Å². The number of hydrogen-bond donors (Lipinski definition) is 1. The molecule has 2 saturated carbocycles. The van der Waals surface area contributed by atoms with E-state index in [0.717, 1.165) is 18.9 Å². The zero-order chi connectivity index (χ0) is 13.8. The second-order valence-corrected chi connectivity index (χ2v) is 7.48. The molecule has 19 heavy (non-hydrogen) atoms. The van der Waals surface area contributed by atoms with Gasteiger partial charge in [-0.1, -0.05) is 20.8 Å². The smallest absolute Gasteiger partial charge is 0.219 e. The zero-order valence-corrected chi connectivity index (χ0v) is 12.7. The maximum absolute atomic E-state index is 11.9. The van der Waals surface area contributed by atoms with Gasteiger partial charge >= 0.3 is 0 Å². The van der Waals surface area contributed by atoms with Crippen LogP contribution in [0.5, 0.6) is 0 Å². The van der Waals surface area contributed by atoms with Gasteiger partial charge in [0.1, 0.15) is 0 Å². The third-order valence-corrected chi connectivity index (χ3v) is 6.42. The molecule has 1 N–H and O–H groups in total. The fourth-order valence-corrected chi connectivity index (χ4v) is 5.34. The highest BCUT2D eigenvalue weighted by molar-refractivity contribution is 5.76. The van der Waals surface area contributed by atoms with Crippen LogP contribution in [0.1, 0.15) is 53.4 Å². The standard InChI is InChI=1S/C16H27NO2/c1-5-13(18)17-14-15(3,4)11-8-12-10(2)19-7-6-16(12,14)9-11/h10-12,14H,5-9H2,1-4H3,(H,17,18)/t10-,11-,12-,14-,16?/m1/s1. The summed E-state index contributed by atoms with van der Waals surface area (Å²) in [4.78, 5) is 11.9. The van der Waals surface area contributed by atoms with Crippen LogP contribution < -0.4 is 5.32 Å². The first kappa shape index (κ1) is 13.4. The lowest BCUT2D eigenvalue weighted by atomic mass is 9.59. The third kappa shape index (κ3) is 1.70. The van der Waals surface area contributed by atoms with Crippen molar-refractivity contribution in [2.45, 2.75) is 65.5 Å². The molecule has 108 valence electrons. The average Bonchev–Trinajstić information content (AvgIpc) is 2.84. The van der Waals surface area contributed by atoms with Crippen LogP contribution in [0, 0.1) is 22.7 Å². The minimum Gasteiger partial charge on any atom is -0.378 e. The minimum absolute atomic E-state index is 0.206. The summed E-state index contributed by atoms with van der Waals surface area (Å²) in [6.45, 7) is 9.72. The van der Waals surface area contributed by atoms with Gasteiger partial charge in [0.2, 0.25) is 5.91 Å². The first-order valence-electron chi connectivity index (χ1n) is 7.83. The van der Waals surface area contributed by atoms with Crippen LogP contribution in [0.3, 0.4) is 0 Å². The molecule has 2 aliphatic carbocycles. The Morgan fingerprint density at radius 2 is 2.16 bits per heavy atom. The highest BCUT2D eigenvalue weighted by Crippen LogP contribution is 2.68. The van der Waals surface area contributed by atoms with Crippen molar-refractivity contribution >= 4 is 5.91 Å². The summed E-state index contributed by atoms with van der Waals surface area (Å²) in [5.41, 5.74) is 0.537. The summed E-state index contributed by atoms with van der Waals surface area (Å²) in [7, 11) is 0. The Morgan fingerprint density at radius 1 is 1.42 bits per heavy atom. The molecule has 3 nitrogen and oxygen atoms in total. The molecular formula is C16H27NO2. The Bertz CT molecular complexity index is 392. The molecule has 5 atom stereocenters. The van der Waals surface area contributed by atoms with Crippen molar-refractivity contribution in [2.24, 2.45) is 22.7 Å². The molecule has 0 aromatic rings. The number of rotatable bonds is 2. The second-order valence-electron chi connectivity index (χ2n) is 7.48. The molecular weight excluding hydrogens is 238 g/mol. The van der Waals surface area contributed by atoms with Crippen LogP contribution in [0.2, 0.25) is 0 Å². The second kappa shape index (κ2) is 4.21. The first-order valence-corrected chi connectivity index (χ1v) is 7.83. The lowest BCUT2D eigenvalue weighted by Crippen LogP contribution is -2.59. The van der Waals surface area contributed by atoms with Gasteiger partial charge in [0.05, 0.1) is 6.10 Å². The van der Waals surface area contributed by atoms with E-state index in [4.69, 9.17) is 4.74 Å². The molecule has 0 aromatic carbocycles. The number of hydrogen-bond acceptors (Lipinski definition) is 2. The van der Waals surface area contributed by atoms with Gasteiger partial charge in [-0.2, -0.15) is 0 Å². The van der Waals surface area contributed by atoms with Crippen molar-refractivity contribution in [3.8, 4) is 0 Å². The van der Waals surface area contributed by atoms with E-state index in [-0.39, 0.29) is 11.3 Å². The van der Waals surface area contributed by atoms with Gasteiger partial charge in [-0.15, -0.1) is 0 Å². The Hall–Kier alpha value is -0.570. The molecule has 2 bridgehead atoms. The molecule has 3 heteroatoms. The number of carbonyl (C=O) groups excluding carboxylic acids is 1. The van der Waals surface area contributed by atoms with Gasteiger partial charge in [-0.05, 0) is 48.9 Å². The van der Waals surface area contributed by atoms with Crippen molar-refractivity contribution in [3.63, 3.8) is 0 Å². The number of nitrogens with one attached hydrogen (secondary N) is 1. The first-order chi connectivity index (χ1) is 8.91. The SMILES string of the molecule is CCC(=O)N[C@@H]1C(C)(C)[C@@H]2C[C@@H]3[C@@H](C)OCCC31C2. The molecule has 1 aliphatic heterocycles. The number of fused-ring (bicyclic) bond motifs is 1. The third-order valence-electron chi connectivity index (χ3n) is 6.42. The highest BCUT2D eigenvalue weighted by Gasteiger charge is 2.67. The lowest BCUT2D eigenvalue weighted by Gasteiger charge is -2.52. The van der Waals surface area contributed by atoms with Crippen molar-refractivity contribution in [1.82, 2.24) is 5.32 Å². The Kier molecular flexibility index (Phi) is 2.97. The van der Waals surface area contributed by atoms with Gasteiger partial charge < -0.3 is 10.1 Å². The molecule has 1 spiro atoms. The van der Waals surface area contributed by atoms with E-state index < -0.39 is 0 Å². The summed E-state index contributed by atoms with van der Waals surface area (Å²) in [6.07, 6.45) is 4.64. The summed E-state index contributed by atoms with van der Waals surface area (Å²) in [5, 5.41) is 3.37. The van der Waals surface area contributed by atoms with E-state index in [2.05, 4.69) is 26.1 Å². The van der Waals surface area contributed by atoms with Crippen LogP contribution in [0.15, 0.2) is 0 Å². The van der Waals surface area contributed by atoms with Crippen LogP contribution in [0.4, 0.5) is 0 Å². The average molecular weight is 265 g/mol. The molecule has 3 aliphatic rings. The summed E-state index contributed by atoms with van der Waals surface area (Å²) >= 11 is 0. The Labute approximate surface area is 116 Å². The monoisotopic (exact) mass is 265 g/mol. The van der Waals surface area contributed by atoms with Crippen LogP contribution in [-0.4, -0.2) is 24.7 Å². The van der Waals surface area contributed by atoms with Crippen molar-refractivity contribution in [3.05, 3.63) is 0 Å². The van der Waals surface area contributed by atoms with Gasteiger partial charge in [0.25, 0.3) is 0 Å². The van der Waals surface area contributed by atoms with E-state index in [1.807, 2.05) is 6.92 Å². The minimum atomic E-state index is 0.206. The molecule has 1 heterocycles. The summed E-state index contributed by atoms with van der Waals surface area (Å²) < 4.78 is 5.87. The van der Waals surface area contributed by atoms with Gasteiger partial charge in [0.15, 0.2) is 0 Å². The normalized spacial score (nSPS) is 46.9. The molecule has 3 rings (SSSR count). The van der Waals surface area contributed by atoms with Crippen LogP contribution in [-0.2, 0) is 9.53 Å². The molecule has 1 unspecified atom stereocenters. The Balaban J connectivity index is 1.93. The maximum Gasteiger partial charge on any atom is 0.219 e. The predicted octanol–water partition coefficient (Wildman–Crippen LogP) is 2.74. The topological polar surface area (TPSA) is 38.3 Å². The summed E-state index contributed by atoms with van der Waals surface area (Å²) in [5.74, 6) is 1.59. The van der Waals surface area contributed by atoms with Crippen molar-refractivity contribution < 1.29 is 9.53 Å². The van der Waals surface area contributed by atoms with Crippen molar-refractivity contribution in [2.75, 3.05) is 6.61 Å². The fourth-order valence-electron chi connectivity index (χ4n) is 5.34. The molecule has 0 radical (unpaired) electrons. The number of ether oxygens (including phenoxy) is 1. The maximum atomic E-state index is 11.9. The van der Waals surface area contributed by atoms with Gasteiger partial charge in [0, 0.05) is 19.1 Å². The molecule has 1 amide bonds. The quantitative estimate of drug-likeness (QED) is 0.833. The van der Waals surface area contributed by atoms with E-state index in [1.165, 1.54) is 12.8 Å². The summed E-state index contributed by atoms with van der Waals surface area (Å²) in [6, 6.07) is 0.336. The molecule has 1 saturated heterocycles. The zero-order valence-electron chi connectivity index (χ0n) is 12.7. The van der Waals surface area contributed by atoms with E-state index in [1.54, 1.807) is 0 Å². The predicted molar refractivity (Wildman–Crippen MR) is 74.7 cm³/mol. The van der Waals surface area contributed by atoms with Crippen LogP contribution in [0.25, 0.3) is 0 Å².